The number of likely N-dealkylation sites (tertiary alicyclic amines) is 2. The second-order valence-corrected chi connectivity index (χ2v) is 8.03. The van der Waals surface area contributed by atoms with Gasteiger partial charge in [-0.05, 0) is 66.2 Å². The number of hydrogen-bond acceptors (Lipinski definition) is 4. The van der Waals surface area contributed by atoms with Gasteiger partial charge in [0.15, 0.2) is 5.96 Å². The summed E-state index contributed by atoms with van der Waals surface area (Å²) in [5, 5.41) is 3.54. The van der Waals surface area contributed by atoms with Crippen molar-refractivity contribution < 1.29 is 4.74 Å². The fourth-order valence-electron chi connectivity index (χ4n) is 4.48. The molecule has 0 aromatic carbocycles. The predicted octanol–water partition coefficient (Wildman–Crippen LogP) is 1.85. The van der Waals surface area contributed by atoms with Crippen molar-refractivity contribution in [3.05, 3.63) is 0 Å². The fraction of sp³-hybridized carbons (Fsp3) is 0.947. The Hall–Kier alpha value is -0.120. The summed E-state index contributed by atoms with van der Waals surface area (Å²) in [6.07, 6.45) is 6.16. The summed E-state index contributed by atoms with van der Waals surface area (Å²) in [4.78, 5) is 12.6. The first kappa shape index (κ1) is 22.2. The molecule has 6 nitrogen and oxygen atoms in total. The zero-order chi connectivity index (χ0) is 17.7. The molecule has 0 aromatic heterocycles. The maximum Gasteiger partial charge on any atom is 0.194 e. The average Bonchev–Trinajstić information content (AvgIpc) is 3.30. The van der Waals surface area contributed by atoms with E-state index in [1.165, 1.54) is 32.4 Å². The van der Waals surface area contributed by atoms with E-state index in [9.17, 15) is 0 Å². The largest absolute Gasteiger partial charge is 0.381 e. The number of nitrogens with zero attached hydrogens (tertiary/aromatic N) is 4. The predicted molar refractivity (Wildman–Crippen MR) is 119 cm³/mol. The smallest absolute Gasteiger partial charge is 0.194 e. The topological polar surface area (TPSA) is 43.3 Å². The van der Waals surface area contributed by atoms with Crippen LogP contribution in [-0.2, 0) is 4.74 Å². The van der Waals surface area contributed by atoms with Crippen LogP contribution < -0.4 is 5.32 Å². The van der Waals surface area contributed by atoms with E-state index in [4.69, 9.17) is 9.73 Å². The number of halogens is 1. The van der Waals surface area contributed by atoms with Crippen molar-refractivity contribution in [1.29, 1.82) is 0 Å². The summed E-state index contributed by atoms with van der Waals surface area (Å²) in [6, 6.07) is 0.720. The number of likely N-dealkylation sites (N-methyl/N-ethyl adjacent to an activating group) is 1. The SMILES string of the molecule is CCNC(=NCC1(N(C)C)CCOCC1)N1CCC(N2CCCC2)C1.I. The zero-order valence-electron chi connectivity index (χ0n) is 16.9. The second-order valence-electron chi connectivity index (χ2n) is 8.03. The van der Waals surface area contributed by atoms with Gasteiger partial charge in [-0.1, -0.05) is 0 Å². The molecule has 3 saturated heterocycles. The van der Waals surface area contributed by atoms with E-state index in [0.29, 0.717) is 0 Å². The molecule has 3 heterocycles. The van der Waals surface area contributed by atoms with Crippen LogP contribution in [0.5, 0.6) is 0 Å². The molecule has 1 N–H and O–H groups in total. The molecule has 152 valence electrons. The van der Waals surface area contributed by atoms with Crippen molar-refractivity contribution in [2.75, 3.05) is 66.6 Å². The minimum atomic E-state index is 0. The lowest BCUT2D eigenvalue weighted by Crippen LogP contribution is -2.52. The van der Waals surface area contributed by atoms with Gasteiger partial charge in [0.2, 0.25) is 0 Å². The summed E-state index contributed by atoms with van der Waals surface area (Å²) in [5.74, 6) is 1.11. The van der Waals surface area contributed by atoms with Crippen molar-refractivity contribution in [2.24, 2.45) is 4.99 Å². The summed E-state index contributed by atoms with van der Waals surface area (Å²) >= 11 is 0. The molecule has 3 aliphatic heterocycles. The molecule has 0 bridgehead atoms. The number of aliphatic imine (C=N–C) groups is 1. The van der Waals surface area contributed by atoms with E-state index in [-0.39, 0.29) is 29.5 Å². The van der Waals surface area contributed by atoms with Gasteiger partial charge < -0.3 is 19.9 Å². The fourth-order valence-corrected chi connectivity index (χ4v) is 4.48. The molecule has 1 unspecified atom stereocenters. The van der Waals surface area contributed by atoms with E-state index >= 15 is 0 Å². The molecule has 0 aliphatic carbocycles. The van der Waals surface area contributed by atoms with Crippen LogP contribution in [0.4, 0.5) is 0 Å². The molecule has 0 amide bonds. The molecule has 1 atom stereocenters. The van der Waals surface area contributed by atoms with Gasteiger partial charge >= 0.3 is 0 Å². The zero-order valence-corrected chi connectivity index (χ0v) is 19.2. The van der Waals surface area contributed by atoms with E-state index < -0.39 is 0 Å². The van der Waals surface area contributed by atoms with Crippen LogP contribution in [0.3, 0.4) is 0 Å². The van der Waals surface area contributed by atoms with Crippen LogP contribution in [0.25, 0.3) is 0 Å². The minimum Gasteiger partial charge on any atom is -0.381 e. The van der Waals surface area contributed by atoms with Crippen LogP contribution in [-0.4, -0.2) is 98.8 Å². The Morgan fingerprint density at radius 1 is 1.19 bits per heavy atom. The van der Waals surface area contributed by atoms with E-state index in [0.717, 1.165) is 64.2 Å². The molecule has 3 aliphatic rings. The molecular weight excluding hydrogens is 441 g/mol. The Balaban J connectivity index is 0.00000243. The Morgan fingerprint density at radius 2 is 1.88 bits per heavy atom. The number of guanidine groups is 1. The molecule has 0 radical (unpaired) electrons. The monoisotopic (exact) mass is 479 g/mol. The molecule has 7 heteroatoms. The van der Waals surface area contributed by atoms with Gasteiger partial charge in [0.25, 0.3) is 0 Å². The maximum atomic E-state index is 5.59. The number of nitrogens with one attached hydrogen (secondary N) is 1. The first-order valence-corrected chi connectivity index (χ1v) is 10.2. The highest BCUT2D eigenvalue weighted by Crippen LogP contribution is 2.27. The molecule has 0 spiro atoms. The Morgan fingerprint density at radius 3 is 2.50 bits per heavy atom. The van der Waals surface area contributed by atoms with Gasteiger partial charge in [0.05, 0.1) is 6.54 Å². The normalized spacial score (nSPS) is 27.0. The Kier molecular flexibility index (Phi) is 8.90. The number of hydrogen-bond donors (Lipinski definition) is 1. The maximum absolute atomic E-state index is 5.59. The first-order valence-electron chi connectivity index (χ1n) is 10.2. The van der Waals surface area contributed by atoms with Gasteiger partial charge in [-0.25, -0.2) is 0 Å². The molecular formula is C19H38IN5O. The summed E-state index contributed by atoms with van der Waals surface area (Å²) in [5.41, 5.74) is 0.146. The van der Waals surface area contributed by atoms with Crippen molar-refractivity contribution in [3.63, 3.8) is 0 Å². The van der Waals surface area contributed by atoms with E-state index in [1.807, 2.05) is 0 Å². The molecule has 3 fully saturated rings. The third-order valence-corrected chi connectivity index (χ3v) is 6.35. The lowest BCUT2D eigenvalue weighted by Gasteiger charge is -2.42. The van der Waals surface area contributed by atoms with Crippen LogP contribution >= 0.6 is 24.0 Å². The lowest BCUT2D eigenvalue weighted by molar-refractivity contribution is -0.00263. The Bertz CT molecular complexity index is 447. The van der Waals surface area contributed by atoms with E-state index in [2.05, 4.69) is 41.0 Å². The van der Waals surface area contributed by atoms with E-state index in [1.54, 1.807) is 0 Å². The quantitative estimate of drug-likeness (QED) is 0.371. The van der Waals surface area contributed by atoms with Gasteiger partial charge in [-0.3, -0.25) is 9.89 Å². The highest BCUT2D eigenvalue weighted by molar-refractivity contribution is 14.0. The molecule has 26 heavy (non-hydrogen) atoms. The highest BCUT2D eigenvalue weighted by Gasteiger charge is 2.36. The number of rotatable bonds is 5. The van der Waals surface area contributed by atoms with Crippen LogP contribution in [0.2, 0.25) is 0 Å². The van der Waals surface area contributed by atoms with Crippen LogP contribution in [0, 0.1) is 0 Å². The third kappa shape index (κ3) is 5.23. The molecule has 0 aromatic rings. The second kappa shape index (κ2) is 10.4. The van der Waals surface area contributed by atoms with Crippen LogP contribution in [0.15, 0.2) is 4.99 Å². The van der Waals surface area contributed by atoms with Gasteiger partial charge in [0, 0.05) is 44.4 Å². The van der Waals surface area contributed by atoms with Gasteiger partial charge in [-0.15, -0.1) is 24.0 Å². The number of ether oxygens (including phenoxy) is 1. The third-order valence-electron chi connectivity index (χ3n) is 6.35. The average molecular weight is 479 g/mol. The Labute approximate surface area is 176 Å². The summed E-state index contributed by atoms with van der Waals surface area (Å²) < 4.78 is 5.59. The van der Waals surface area contributed by atoms with Gasteiger partial charge in [-0.2, -0.15) is 0 Å². The highest BCUT2D eigenvalue weighted by atomic mass is 127. The lowest BCUT2D eigenvalue weighted by atomic mass is 9.89. The van der Waals surface area contributed by atoms with Gasteiger partial charge in [0.1, 0.15) is 0 Å². The van der Waals surface area contributed by atoms with Crippen molar-refractivity contribution in [2.45, 2.75) is 50.6 Å². The molecule has 0 saturated carbocycles. The summed E-state index contributed by atoms with van der Waals surface area (Å²) in [7, 11) is 4.38. The first-order chi connectivity index (χ1) is 12.1. The standard InChI is InChI=1S/C19H37N5O.HI/c1-4-20-18(21-16-19(22(2)3)8-13-25-14-9-19)24-12-7-17(15-24)23-10-5-6-11-23;/h17H,4-16H2,1-3H3,(H,20,21);1H. The van der Waals surface area contributed by atoms with Crippen molar-refractivity contribution in [1.82, 2.24) is 20.0 Å². The molecule has 3 rings (SSSR count). The van der Waals surface area contributed by atoms with Crippen molar-refractivity contribution in [3.8, 4) is 0 Å². The van der Waals surface area contributed by atoms with Crippen molar-refractivity contribution >= 4 is 29.9 Å². The summed E-state index contributed by atoms with van der Waals surface area (Å²) in [6.45, 7) is 10.5. The minimum absolute atomic E-state index is 0. The van der Waals surface area contributed by atoms with Crippen LogP contribution in [0.1, 0.15) is 39.0 Å².